The molecule has 1 N–H and O–H groups in total. The van der Waals surface area contributed by atoms with E-state index in [9.17, 15) is 9.90 Å². The zero-order valence-electron chi connectivity index (χ0n) is 10.3. The van der Waals surface area contributed by atoms with Crippen LogP contribution in [0.3, 0.4) is 0 Å². The van der Waals surface area contributed by atoms with Gasteiger partial charge in [0, 0.05) is 23.5 Å². The molecule has 0 saturated heterocycles. The lowest BCUT2D eigenvalue weighted by Crippen LogP contribution is -2.45. The Hall–Kier alpha value is -1.03. The van der Waals surface area contributed by atoms with Crippen LogP contribution in [-0.4, -0.2) is 33.8 Å². The van der Waals surface area contributed by atoms with E-state index >= 15 is 0 Å². The molecular weight excluding hydrogens is 294 g/mol. The molecule has 0 unspecified atom stereocenters. The summed E-state index contributed by atoms with van der Waals surface area (Å²) in [5, 5.41) is 10.5. The van der Waals surface area contributed by atoms with Crippen molar-refractivity contribution in [3.63, 3.8) is 0 Å². The molecule has 98 valence electrons. The molecule has 1 fully saturated rings. The maximum Gasteiger partial charge on any atom is 0.227 e. The second-order valence-corrected chi connectivity index (χ2v) is 5.46. The summed E-state index contributed by atoms with van der Waals surface area (Å²) in [7, 11) is 0. The van der Waals surface area contributed by atoms with E-state index in [2.05, 4.69) is 15.9 Å². The van der Waals surface area contributed by atoms with E-state index in [1.165, 1.54) is 6.42 Å². The average Bonchev–Trinajstić information content (AvgIpc) is 2.29. The Kier molecular flexibility index (Phi) is 4.64. The molecule has 0 bridgehead atoms. The second kappa shape index (κ2) is 6.23. The van der Waals surface area contributed by atoms with E-state index < -0.39 is 0 Å². The predicted octanol–water partition coefficient (Wildman–Crippen LogP) is 2.71. The van der Waals surface area contributed by atoms with E-state index in [0.29, 0.717) is 11.6 Å². The first-order chi connectivity index (χ1) is 8.72. The molecule has 1 aromatic carbocycles. The van der Waals surface area contributed by atoms with Crippen LogP contribution in [0.25, 0.3) is 0 Å². The minimum Gasteiger partial charge on any atom is -0.508 e. The number of hydrogen-bond donors (Lipinski definition) is 1. The van der Waals surface area contributed by atoms with Gasteiger partial charge in [0.25, 0.3) is 0 Å². The SMILES string of the molecule is O=C(Cc1ccccc1O)N(CCBr)C1CCC1. The maximum absolute atomic E-state index is 12.3. The monoisotopic (exact) mass is 311 g/mol. The van der Waals surface area contributed by atoms with Gasteiger partial charge < -0.3 is 10.0 Å². The molecule has 1 saturated carbocycles. The number of carbonyl (C=O) groups excluding carboxylic acids is 1. The zero-order valence-corrected chi connectivity index (χ0v) is 11.9. The van der Waals surface area contributed by atoms with Crippen LogP contribution in [0.2, 0.25) is 0 Å². The highest BCUT2D eigenvalue weighted by Crippen LogP contribution is 2.26. The molecule has 1 aliphatic carbocycles. The van der Waals surface area contributed by atoms with Crippen molar-refractivity contribution < 1.29 is 9.90 Å². The van der Waals surface area contributed by atoms with E-state index in [4.69, 9.17) is 0 Å². The lowest BCUT2D eigenvalue weighted by atomic mass is 9.91. The van der Waals surface area contributed by atoms with Gasteiger partial charge in [0.2, 0.25) is 5.91 Å². The standard InChI is InChI=1S/C14H18BrNO2/c15-8-9-16(12-5-3-6-12)14(18)10-11-4-1-2-7-13(11)17/h1-2,4,7,12,17H,3,5-6,8-10H2. The largest absolute Gasteiger partial charge is 0.508 e. The first-order valence-electron chi connectivity index (χ1n) is 6.34. The van der Waals surface area contributed by atoms with Gasteiger partial charge in [-0.15, -0.1) is 0 Å². The Morgan fingerprint density at radius 1 is 1.39 bits per heavy atom. The number of nitrogens with zero attached hydrogens (tertiary/aromatic N) is 1. The third-order valence-corrected chi connectivity index (χ3v) is 3.85. The van der Waals surface area contributed by atoms with Crippen molar-refractivity contribution in [2.75, 3.05) is 11.9 Å². The number of para-hydroxylation sites is 1. The minimum atomic E-state index is 0.112. The molecule has 2 rings (SSSR count). The summed E-state index contributed by atoms with van der Waals surface area (Å²) in [6.07, 6.45) is 3.72. The molecule has 0 atom stereocenters. The van der Waals surface area contributed by atoms with Crippen molar-refractivity contribution in [1.82, 2.24) is 4.90 Å². The van der Waals surface area contributed by atoms with Crippen LogP contribution in [0.15, 0.2) is 24.3 Å². The van der Waals surface area contributed by atoms with Gasteiger partial charge in [0.15, 0.2) is 0 Å². The summed E-state index contributed by atoms with van der Waals surface area (Å²) < 4.78 is 0. The Morgan fingerprint density at radius 3 is 2.67 bits per heavy atom. The van der Waals surface area contributed by atoms with E-state index in [1.807, 2.05) is 11.0 Å². The molecule has 3 nitrogen and oxygen atoms in total. The Morgan fingerprint density at radius 2 is 2.11 bits per heavy atom. The first-order valence-corrected chi connectivity index (χ1v) is 7.47. The fourth-order valence-electron chi connectivity index (χ4n) is 2.23. The molecular formula is C14H18BrNO2. The molecule has 18 heavy (non-hydrogen) atoms. The molecule has 0 aromatic heterocycles. The van der Waals surface area contributed by atoms with Crippen molar-refractivity contribution >= 4 is 21.8 Å². The number of hydrogen-bond acceptors (Lipinski definition) is 2. The van der Waals surface area contributed by atoms with E-state index in [-0.39, 0.29) is 18.1 Å². The van der Waals surface area contributed by atoms with Gasteiger partial charge in [-0.3, -0.25) is 4.79 Å². The number of benzene rings is 1. The van der Waals surface area contributed by atoms with Gasteiger partial charge in [0.05, 0.1) is 6.42 Å². The molecule has 1 aliphatic rings. The number of carbonyl (C=O) groups is 1. The van der Waals surface area contributed by atoms with Gasteiger partial charge in [-0.1, -0.05) is 34.1 Å². The molecule has 0 radical (unpaired) electrons. The summed E-state index contributed by atoms with van der Waals surface area (Å²) >= 11 is 3.40. The highest BCUT2D eigenvalue weighted by molar-refractivity contribution is 9.09. The predicted molar refractivity (Wildman–Crippen MR) is 75.0 cm³/mol. The Balaban J connectivity index is 2.02. The highest BCUT2D eigenvalue weighted by atomic mass is 79.9. The number of phenols is 1. The first kappa shape index (κ1) is 13.4. The number of aromatic hydroxyl groups is 1. The molecule has 1 aromatic rings. The fraction of sp³-hybridized carbons (Fsp3) is 0.500. The Labute approximate surface area is 116 Å². The van der Waals surface area contributed by atoms with Crippen molar-refractivity contribution in [3.05, 3.63) is 29.8 Å². The number of halogens is 1. The smallest absolute Gasteiger partial charge is 0.227 e. The Bertz CT molecular complexity index is 418. The van der Waals surface area contributed by atoms with Crippen molar-refractivity contribution in [3.8, 4) is 5.75 Å². The molecule has 1 amide bonds. The lowest BCUT2D eigenvalue weighted by molar-refractivity contribution is -0.134. The van der Waals surface area contributed by atoms with Crippen LogP contribution < -0.4 is 0 Å². The third-order valence-electron chi connectivity index (χ3n) is 3.49. The second-order valence-electron chi connectivity index (χ2n) is 4.67. The van der Waals surface area contributed by atoms with Gasteiger partial charge in [-0.2, -0.15) is 0 Å². The van der Waals surface area contributed by atoms with Crippen molar-refractivity contribution in [2.45, 2.75) is 31.7 Å². The van der Waals surface area contributed by atoms with Crippen LogP contribution in [0.1, 0.15) is 24.8 Å². The van der Waals surface area contributed by atoms with Gasteiger partial charge in [0.1, 0.15) is 5.75 Å². The highest BCUT2D eigenvalue weighted by Gasteiger charge is 2.28. The van der Waals surface area contributed by atoms with Crippen LogP contribution in [0.4, 0.5) is 0 Å². The summed E-state index contributed by atoms with van der Waals surface area (Å²) in [6.45, 7) is 0.747. The molecule has 0 aliphatic heterocycles. The quantitative estimate of drug-likeness (QED) is 0.849. The summed E-state index contributed by atoms with van der Waals surface area (Å²) in [5.41, 5.74) is 0.710. The topological polar surface area (TPSA) is 40.5 Å². The van der Waals surface area contributed by atoms with Gasteiger partial charge in [-0.25, -0.2) is 0 Å². The van der Waals surface area contributed by atoms with Crippen molar-refractivity contribution in [2.24, 2.45) is 0 Å². The summed E-state index contributed by atoms with van der Waals surface area (Å²) in [5.74, 6) is 0.318. The van der Waals surface area contributed by atoms with Crippen LogP contribution in [-0.2, 0) is 11.2 Å². The van der Waals surface area contributed by atoms with Crippen LogP contribution in [0.5, 0.6) is 5.75 Å². The molecule has 4 heteroatoms. The molecule has 0 heterocycles. The average molecular weight is 312 g/mol. The van der Waals surface area contributed by atoms with Gasteiger partial charge in [-0.05, 0) is 25.3 Å². The number of rotatable bonds is 5. The minimum absolute atomic E-state index is 0.112. The normalized spacial score (nSPS) is 15.2. The van der Waals surface area contributed by atoms with E-state index in [1.54, 1.807) is 18.2 Å². The van der Waals surface area contributed by atoms with Gasteiger partial charge >= 0.3 is 0 Å². The number of alkyl halides is 1. The molecule has 0 spiro atoms. The van der Waals surface area contributed by atoms with Crippen molar-refractivity contribution in [1.29, 1.82) is 0 Å². The lowest BCUT2D eigenvalue weighted by Gasteiger charge is -2.37. The van der Waals surface area contributed by atoms with Crippen LogP contribution >= 0.6 is 15.9 Å². The van der Waals surface area contributed by atoms with E-state index in [0.717, 1.165) is 24.7 Å². The fourth-order valence-corrected chi connectivity index (χ4v) is 2.61. The summed E-state index contributed by atoms with van der Waals surface area (Å²) in [6, 6.07) is 7.45. The van der Waals surface area contributed by atoms with Crippen LogP contribution in [0, 0.1) is 0 Å². The maximum atomic E-state index is 12.3. The third kappa shape index (κ3) is 3.05. The summed E-state index contributed by atoms with van der Waals surface area (Å²) in [4.78, 5) is 14.2. The number of amides is 1. The number of phenolic OH excluding ortho intramolecular Hbond substituents is 1. The zero-order chi connectivity index (χ0) is 13.0.